The van der Waals surface area contributed by atoms with Crippen molar-refractivity contribution in [1.82, 2.24) is 29.8 Å². The summed E-state index contributed by atoms with van der Waals surface area (Å²) >= 11 is 6.79. The summed E-state index contributed by atoms with van der Waals surface area (Å²) in [5.41, 5.74) is 2.33. The van der Waals surface area contributed by atoms with Gasteiger partial charge in [0.05, 0.1) is 33.2 Å². The molecule has 2 atom stereocenters. The molecule has 0 bridgehead atoms. The molecule has 1 aliphatic heterocycles. The van der Waals surface area contributed by atoms with E-state index in [0.29, 0.717) is 40.5 Å². The molecule has 204 valence electrons. The number of fused-ring (bicyclic) bond motifs is 1. The van der Waals surface area contributed by atoms with E-state index < -0.39 is 11.5 Å². The molecule has 1 aliphatic rings. The Bertz CT molecular complexity index is 1580. The molecule has 0 amide bonds. The number of nitrogens with one attached hydrogen (secondary N) is 1. The average Bonchev–Trinajstić information content (AvgIpc) is 2.89. The maximum Gasteiger partial charge on any atom is 0.355 e. The number of rotatable bonds is 5. The van der Waals surface area contributed by atoms with Crippen molar-refractivity contribution in [2.75, 3.05) is 18.0 Å². The number of aromatic nitrogens is 5. The van der Waals surface area contributed by atoms with Crippen molar-refractivity contribution in [3.8, 4) is 16.9 Å². The number of halogens is 2. The summed E-state index contributed by atoms with van der Waals surface area (Å²) in [6, 6.07) is 8.37. The molecule has 1 aromatic carbocycles. The normalized spacial score (nSPS) is 17.9. The molecule has 5 rings (SSSR count). The van der Waals surface area contributed by atoms with Crippen molar-refractivity contribution >= 4 is 28.5 Å². The average molecular weight is 550 g/mol. The minimum atomic E-state index is -0.496. The van der Waals surface area contributed by atoms with E-state index in [4.69, 9.17) is 16.6 Å². The van der Waals surface area contributed by atoms with E-state index in [1.165, 1.54) is 17.0 Å². The van der Waals surface area contributed by atoms with E-state index in [-0.39, 0.29) is 40.2 Å². The second kappa shape index (κ2) is 10.6. The fraction of sp³-hybridized carbons (Fsp3) is 0.414. The smallest absolute Gasteiger partial charge is 0.350 e. The van der Waals surface area contributed by atoms with Crippen LogP contribution in [-0.4, -0.2) is 49.7 Å². The molecule has 10 heteroatoms. The molecular weight excluding hydrogens is 517 g/mol. The van der Waals surface area contributed by atoms with Crippen LogP contribution in [0.25, 0.3) is 28.0 Å². The Hall–Kier alpha value is -3.43. The number of piperazine rings is 1. The molecule has 39 heavy (non-hydrogen) atoms. The molecule has 0 unspecified atom stereocenters. The molecule has 4 aromatic rings. The fourth-order valence-corrected chi connectivity index (χ4v) is 5.42. The van der Waals surface area contributed by atoms with Crippen LogP contribution >= 0.6 is 11.6 Å². The lowest BCUT2D eigenvalue weighted by Gasteiger charge is -2.38. The molecule has 4 heterocycles. The number of pyridine rings is 1. The first-order chi connectivity index (χ1) is 18.6. The van der Waals surface area contributed by atoms with E-state index in [0.717, 1.165) is 6.54 Å². The minimum absolute atomic E-state index is 0.00509. The maximum atomic E-state index is 14.9. The molecule has 0 aliphatic carbocycles. The standard InChI is InChI=1S/C29H33ClFN7O/c1-15(2)23-26(24(16(3)4)34-14-33-23)38-28-20(11-21(30)25(35-28)19-9-7-8-10-22(19)31)27(36-29(38)39)37-13-17(5)32-12-18(37)6/h7-11,14-18,32H,12-13H2,1-6H3/t17-,18+/m1/s1. The van der Waals surface area contributed by atoms with Gasteiger partial charge in [-0.3, -0.25) is 0 Å². The Balaban J connectivity index is 1.92. The van der Waals surface area contributed by atoms with E-state index in [2.05, 4.69) is 39.0 Å². The Labute approximate surface area is 232 Å². The maximum absolute atomic E-state index is 14.9. The summed E-state index contributed by atoms with van der Waals surface area (Å²) in [6.07, 6.45) is 1.53. The minimum Gasteiger partial charge on any atom is -0.350 e. The van der Waals surface area contributed by atoms with Gasteiger partial charge >= 0.3 is 5.69 Å². The zero-order valence-electron chi connectivity index (χ0n) is 23.0. The van der Waals surface area contributed by atoms with E-state index in [1.807, 2.05) is 27.7 Å². The number of benzene rings is 1. The van der Waals surface area contributed by atoms with E-state index >= 15 is 0 Å². The van der Waals surface area contributed by atoms with Gasteiger partial charge < -0.3 is 10.2 Å². The van der Waals surface area contributed by atoms with Crippen molar-refractivity contribution in [2.45, 2.75) is 65.5 Å². The fourth-order valence-electron chi connectivity index (χ4n) is 5.17. The molecule has 0 radical (unpaired) electrons. The highest BCUT2D eigenvalue weighted by Crippen LogP contribution is 2.36. The summed E-state index contributed by atoms with van der Waals surface area (Å²) in [6.45, 7) is 13.6. The third-order valence-electron chi connectivity index (χ3n) is 7.16. The SMILES string of the molecule is CC(C)c1ncnc(C(C)C)c1-n1c(=O)nc(N2C[C@@H](C)NC[C@@H]2C)c2cc(Cl)c(-c3ccccc3F)nc21. The summed E-state index contributed by atoms with van der Waals surface area (Å²) in [5.74, 6) is 0.0485. The van der Waals surface area contributed by atoms with Gasteiger partial charge in [0.2, 0.25) is 0 Å². The molecule has 3 aromatic heterocycles. The van der Waals surface area contributed by atoms with Crippen LogP contribution < -0.4 is 15.9 Å². The first-order valence-corrected chi connectivity index (χ1v) is 13.7. The van der Waals surface area contributed by atoms with Crippen molar-refractivity contribution in [3.05, 3.63) is 69.4 Å². The second-order valence-corrected chi connectivity index (χ2v) is 11.2. The van der Waals surface area contributed by atoms with Gasteiger partial charge in [0.1, 0.15) is 18.0 Å². The second-order valence-electron chi connectivity index (χ2n) is 10.8. The Morgan fingerprint density at radius 3 is 2.36 bits per heavy atom. The van der Waals surface area contributed by atoms with Gasteiger partial charge in [-0.25, -0.2) is 28.7 Å². The van der Waals surface area contributed by atoms with E-state index in [9.17, 15) is 9.18 Å². The summed E-state index contributed by atoms with van der Waals surface area (Å²) in [7, 11) is 0. The van der Waals surface area contributed by atoms with Crippen LogP contribution in [0.1, 0.15) is 64.8 Å². The zero-order valence-corrected chi connectivity index (χ0v) is 23.8. The number of hydrogen-bond donors (Lipinski definition) is 1. The van der Waals surface area contributed by atoms with Crippen molar-refractivity contribution in [1.29, 1.82) is 0 Å². The van der Waals surface area contributed by atoms with Crippen LogP contribution in [-0.2, 0) is 0 Å². The van der Waals surface area contributed by atoms with Crippen molar-refractivity contribution < 1.29 is 4.39 Å². The van der Waals surface area contributed by atoms with Gasteiger partial charge in [-0.05, 0) is 43.9 Å². The predicted molar refractivity (Wildman–Crippen MR) is 154 cm³/mol. The Morgan fingerprint density at radius 2 is 1.72 bits per heavy atom. The van der Waals surface area contributed by atoms with Gasteiger partial charge in [-0.2, -0.15) is 4.98 Å². The summed E-state index contributed by atoms with van der Waals surface area (Å²) < 4.78 is 16.4. The third kappa shape index (κ3) is 4.89. The first kappa shape index (κ1) is 27.1. The van der Waals surface area contributed by atoms with Crippen molar-refractivity contribution in [2.24, 2.45) is 0 Å². The first-order valence-electron chi connectivity index (χ1n) is 13.3. The molecule has 0 saturated carbocycles. The van der Waals surface area contributed by atoms with Crippen LogP contribution in [0.3, 0.4) is 0 Å². The summed E-state index contributed by atoms with van der Waals surface area (Å²) in [4.78, 5) is 34.8. The number of hydrogen-bond acceptors (Lipinski definition) is 7. The van der Waals surface area contributed by atoms with Gasteiger partial charge in [0, 0.05) is 30.7 Å². The highest BCUT2D eigenvalue weighted by Gasteiger charge is 2.30. The number of nitrogens with zero attached hydrogens (tertiary/aromatic N) is 6. The van der Waals surface area contributed by atoms with Crippen LogP contribution in [0.4, 0.5) is 10.2 Å². The molecule has 1 N–H and O–H groups in total. The van der Waals surface area contributed by atoms with Gasteiger partial charge in [0.25, 0.3) is 0 Å². The van der Waals surface area contributed by atoms with Crippen LogP contribution in [0.15, 0.2) is 41.5 Å². The molecular formula is C29H33ClFN7O. The predicted octanol–water partition coefficient (Wildman–Crippen LogP) is 5.46. The lowest BCUT2D eigenvalue weighted by molar-refractivity contribution is 0.423. The molecule has 8 nitrogen and oxygen atoms in total. The van der Waals surface area contributed by atoms with Crippen LogP contribution in [0.2, 0.25) is 5.02 Å². The molecule has 0 spiro atoms. The Morgan fingerprint density at radius 1 is 1.05 bits per heavy atom. The zero-order chi connectivity index (χ0) is 28.0. The number of anilines is 1. The molecule has 1 fully saturated rings. The monoisotopic (exact) mass is 549 g/mol. The lowest BCUT2D eigenvalue weighted by Crippen LogP contribution is -2.55. The van der Waals surface area contributed by atoms with Gasteiger partial charge in [0.15, 0.2) is 5.65 Å². The van der Waals surface area contributed by atoms with E-state index in [1.54, 1.807) is 24.3 Å². The topological polar surface area (TPSA) is 88.8 Å². The molecule has 1 saturated heterocycles. The van der Waals surface area contributed by atoms with Gasteiger partial charge in [-0.15, -0.1) is 0 Å². The van der Waals surface area contributed by atoms with Crippen LogP contribution in [0.5, 0.6) is 0 Å². The van der Waals surface area contributed by atoms with Gasteiger partial charge in [-0.1, -0.05) is 51.4 Å². The Kier molecular flexibility index (Phi) is 7.39. The lowest BCUT2D eigenvalue weighted by atomic mass is 10.0. The van der Waals surface area contributed by atoms with Crippen molar-refractivity contribution in [3.63, 3.8) is 0 Å². The summed E-state index contributed by atoms with van der Waals surface area (Å²) in [5, 5.41) is 4.34. The largest absolute Gasteiger partial charge is 0.355 e. The highest BCUT2D eigenvalue weighted by molar-refractivity contribution is 6.33. The highest BCUT2D eigenvalue weighted by atomic mass is 35.5. The third-order valence-corrected chi connectivity index (χ3v) is 7.45. The van der Waals surface area contributed by atoms with Crippen LogP contribution in [0, 0.1) is 5.82 Å². The quantitative estimate of drug-likeness (QED) is 0.353.